The molecule has 0 bridgehead atoms. The first-order valence-corrected chi connectivity index (χ1v) is 4.78. The molecule has 2 heterocycles. The molecule has 1 aliphatic heterocycles. The number of nitrogens with one attached hydrogen (secondary N) is 1. The SMILES string of the molecule is O=C1CCNc2ncc(I)cc21. The van der Waals surface area contributed by atoms with Gasteiger partial charge in [0.05, 0.1) is 5.56 Å². The molecule has 1 aromatic heterocycles. The molecule has 0 aromatic carbocycles. The van der Waals surface area contributed by atoms with Crippen molar-refractivity contribution in [2.45, 2.75) is 6.42 Å². The van der Waals surface area contributed by atoms with E-state index in [1.54, 1.807) is 6.20 Å². The van der Waals surface area contributed by atoms with Gasteiger partial charge in [0.2, 0.25) is 0 Å². The molecule has 0 saturated heterocycles. The third-order valence-electron chi connectivity index (χ3n) is 1.80. The van der Waals surface area contributed by atoms with Gasteiger partial charge in [-0.05, 0) is 28.7 Å². The number of hydrogen-bond acceptors (Lipinski definition) is 3. The fourth-order valence-corrected chi connectivity index (χ4v) is 1.67. The van der Waals surface area contributed by atoms with Crippen LogP contribution >= 0.6 is 22.6 Å². The number of hydrogen-bond donors (Lipinski definition) is 1. The third-order valence-corrected chi connectivity index (χ3v) is 2.39. The van der Waals surface area contributed by atoms with E-state index in [2.05, 4.69) is 32.9 Å². The molecule has 0 spiro atoms. The number of anilines is 1. The van der Waals surface area contributed by atoms with Crippen LogP contribution in [-0.2, 0) is 0 Å². The van der Waals surface area contributed by atoms with Gasteiger partial charge in [0.25, 0.3) is 0 Å². The first kappa shape index (κ1) is 7.97. The Kier molecular flexibility index (Phi) is 2.00. The molecular formula is C8H7IN2O. The predicted octanol–water partition coefficient (Wildman–Crippen LogP) is 1.68. The zero-order chi connectivity index (χ0) is 8.55. The van der Waals surface area contributed by atoms with Gasteiger partial charge in [0.15, 0.2) is 5.78 Å². The largest absolute Gasteiger partial charge is 0.369 e. The van der Waals surface area contributed by atoms with Gasteiger partial charge in [-0.25, -0.2) is 4.98 Å². The molecule has 0 atom stereocenters. The molecule has 0 unspecified atom stereocenters. The Balaban J connectivity index is 2.54. The fourth-order valence-electron chi connectivity index (χ4n) is 1.22. The summed E-state index contributed by atoms with van der Waals surface area (Å²) in [6, 6.07) is 1.87. The van der Waals surface area contributed by atoms with Gasteiger partial charge in [-0.1, -0.05) is 0 Å². The van der Waals surface area contributed by atoms with Gasteiger partial charge in [-0.2, -0.15) is 0 Å². The van der Waals surface area contributed by atoms with Crippen LogP contribution < -0.4 is 5.32 Å². The van der Waals surface area contributed by atoms with Gasteiger partial charge in [0, 0.05) is 22.7 Å². The molecule has 0 fully saturated rings. The quantitative estimate of drug-likeness (QED) is 0.732. The molecule has 2 rings (SSSR count). The van der Waals surface area contributed by atoms with Crippen LogP contribution in [0.3, 0.4) is 0 Å². The van der Waals surface area contributed by atoms with Crippen LogP contribution in [0.25, 0.3) is 0 Å². The van der Waals surface area contributed by atoms with Crippen LogP contribution in [0, 0.1) is 3.57 Å². The molecule has 0 amide bonds. The van der Waals surface area contributed by atoms with Crippen LogP contribution in [0.5, 0.6) is 0 Å². The van der Waals surface area contributed by atoms with Crippen LogP contribution in [0.2, 0.25) is 0 Å². The lowest BCUT2D eigenvalue weighted by atomic mass is 10.1. The van der Waals surface area contributed by atoms with E-state index in [0.29, 0.717) is 13.0 Å². The summed E-state index contributed by atoms with van der Waals surface area (Å²) in [7, 11) is 0. The lowest BCUT2D eigenvalue weighted by Crippen LogP contribution is -2.19. The first-order chi connectivity index (χ1) is 5.77. The number of halogens is 1. The molecule has 0 radical (unpaired) electrons. The molecule has 1 aromatic rings. The van der Waals surface area contributed by atoms with E-state index in [1.807, 2.05) is 6.07 Å². The number of aromatic nitrogens is 1. The number of Topliss-reactive ketones (excluding diaryl/α,β-unsaturated/α-hetero) is 1. The Hall–Kier alpha value is -0.650. The number of ketones is 1. The topological polar surface area (TPSA) is 42.0 Å². The van der Waals surface area contributed by atoms with Gasteiger partial charge in [0.1, 0.15) is 5.82 Å². The Morgan fingerprint density at radius 3 is 3.25 bits per heavy atom. The first-order valence-electron chi connectivity index (χ1n) is 3.70. The average Bonchev–Trinajstić information content (AvgIpc) is 2.07. The molecule has 1 aliphatic rings. The summed E-state index contributed by atoms with van der Waals surface area (Å²) in [4.78, 5) is 15.5. The standard InChI is InChI=1S/C8H7IN2O/c9-5-3-6-7(12)1-2-10-8(6)11-4-5/h3-4H,1-2H2,(H,10,11). The summed E-state index contributed by atoms with van der Waals surface area (Å²) in [6.07, 6.45) is 2.33. The third kappa shape index (κ3) is 1.31. The zero-order valence-electron chi connectivity index (χ0n) is 6.30. The van der Waals surface area contributed by atoms with Crippen molar-refractivity contribution in [2.75, 3.05) is 11.9 Å². The number of rotatable bonds is 0. The van der Waals surface area contributed by atoms with Crippen molar-refractivity contribution < 1.29 is 4.79 Å². The monoisotopic (exact) mass is 274 g/mol. The zero-order valence-corrected chi connectivity index (χ0v) is 8.46. The van der Waals surface area contributed by atoms with E-state index >= 15 is 0 Å². The predicted molar refractivity (Wildman–Crippen MR) is 54.4 cm³/mol. The number of carbonyl (C=O) groups is 1. The molecule has 12 heavy (non-hydrogen) atoms. The van der Waals surface area contributed by atoms with E-state index in [0.717, 1.165) is 15.0 Å². The Bertz CT molecular complexity index is 338. The normalized spacial score (nSPS) is 15.2. The second-order valence-electron chi connectivity index (χ2n) is 2.65. The van der Waals surface area contributed by atoms with E-state index in [9.17, 15) is 4.79 Å². The minimum atomic E-state index is 0.190. The van der Waals surface area contributed by atoms with Crippen molar-refractivity contribution >= 4 is 34.2 Å². The highest BCUT2D eigenvalue weighted by molar-refractivity contribution is 14.1. The maximum atomic E-state index is 11.4. The van der Waals surface area contributed by atoms with Crippen LogP contribution in [0.4, 0.5) is 5.82 Å². The Morgan fingerprint density at radius 2 is 2.42 bits per heavy atom. The number of carbonyl (C=O) groups excluding carboxylic acids is 1. The fraction of sp³-hybridized carbons (Fsp3) is 0.250. The van der Waals surface area contributed by atoms with E-state index in [1.165, 1.54) is 0 Å². The van der Waals surface area contributed by atoms with Gasteiger partial charge >= 0.3 is 0 Å². The smallest absolute Gasteiger partial charge is 0.168 e. The van der Waals surface area contributed by atoms with Crippen LogP contribution in [0.1, 0.15) is 16.8 Å². The second-order valence-corrected chi connectivity index (χ2v) is 3.90. The van der Waals surface area contributed by atoms with Crippen molar-refractivity contribution in [2.24, 2.45) is 0 Å². The Morgan fingerprint density at radius 1 is 1.58 bits per heavy atom. The minimum absolute atomic E-state index is 0.190. The number of fused-ring (bicyclic) bond motifs is 1. The molecule has 4 heteroatoms. The molecule has 0 saturated carbocycles. The minimum Gasteiger partial charge on any atom is -0.369 e. The number of pyridine rings is 1. The molecule has 62 valence electrons. The highest BCUT2D eigenvalue weighted by atomic mass is 127. The van der Waals surface area contributed by atoms with Crippen molar-refractivity contribution in [1.29, 1.82) is 0 Å². The maximum absolute atomic E-state index is 11.4. The molecule has 0 aliphatic carbocycles. The van der Waals surface area contributed by atoms with Crippen LogP contribution in [-0.4, -0.2) is 17.3 Å². The van der Waals surface area contributed by atoms with Crippen molar-refractivity contribution in [3.05, 3.63) is 21.4 Å². The molecule has 1 N–H and O–H groups in total. The number of nitrogens with zero attached hydrogens (tertiary/aromatic N) is 1. The summed E-state index contributed by atoms with van der Waals surface area (Å²) >= 11 is 2.15. The van der Waals surface area contributed by atoms with E-state index in [4.69, 9.17) is 0 Å². The van der Waals surface area contributed by atoms with E-state index in [-0.39, 0.29) is 5.78 Å². The Labute approximate surface area is 83.7 Å². The van der Waals surface area contributed by atoms with Gasteiger partial charge in [-0.3, -0.25) is 4.79 Å². The summed E-state index contributed by atoms with van der Waals surface area (Å²) in [6.45, 7) is 0.708. The van der Waals surface area contributed by atoms with Crippen LogP contribution in [0.15, 0.2) is 12.3 Å². The molecule has 3 nitrogen and oxygen atoms in total. The summed E-state index contributed by atoms with van der Waals surface area (Å²) in [5, 5.41) is 3.08. The molecular weight excluding hydrogens is 267 g/mol. The lowest BCUT2D eigenvalue weighted by molar-refractivity contribution is 0.0983. The van der Waals surface area contributed by atoms with Gasteiger partial charge in [-0.15, -0.1) is 0 Å². The van der Waals surface area contributed by atoms with Crippen molar-refractivity contribution in [3.8, 4) is 0 Å². The highest BCUT2D eigenvalue weighted by Gasteiger charge is 2.17. The second kappa shape index (κ2) is 3.01. The lowest BCUT2D eigenvalue weighted by Gasteiger charge is -2.15. The van der Waals surface area contributed by atoms with E-state index < -0.39 is 0 Å². The summed E-state index contributed by atoms with van der Waals surface area (Å²) in [5.41, 5.74) is 0.730. The summed E-state index contributed by atoms with van der Waals surface area (Å²) < 4.78 is 1.00. The van der Waals surface area contributed by atoms with Crippen molar-refractivity contribution in [1.82, 2.24) is 4.98 Å². The highest BCUT2D eigenvalue weighted by Crippen LogP contribution is 2.20. The van der Waals surface area contributed by atoms with Crippen molar-refractivity contribution in [3.63, 3.8) is 0 Å². The van der Waals surface area contributed by atoms with Gasteiger partial charge < -0.3 is 5.32 Å². The average molecular weight is 274 g/mol. The summed E-state index contributed by atoms with van der Waals surface area (Å²) in [5.74, 6) is 0.918. The maximum Gasteiger partial charge on any atom is 0.168 e.